The quantitative estimate of drug-likeness (QED) is 0.668. The number of carbonyl (C=O) groups is 1. The first-order valence-corrected chi connectivity index (χ1v) is 5.56. The van der Waals surface area contributed by atoms with Crippen molar-refractivity contribution < 1.29 is 9.53 Å². The number of hydrogen-bond donors (Lipinski definition) is 1. The molecule has 0 fully saturated rings. The molecule has 88 valence electrons. The topological polar surface area (TPSA) is 38.3 Å². The molecule has 1 amide bonds. The van der Waals surface area contributed by atoms with Crippen LogP contribution >= 0.6 is 23.2 Å². The van der Waals surface area contributed by atoms with Crippen molar-refractivity contribution in [2.75, 3.05) is 13.7 Å². The fraction of sp³-hybridized carbons (Fsp3) is 0.364. The highest BCUT2D eigenvalue weighted by molar-refractivity contribution is 6.62. The molecule has 16 heavy (non-hydrogen) atoms. The molecule has 1 N–H and O–H groups in total. The van der Waals surface area contributed by atoms with Crippen molar-refractivity contribution in [1.29, 1.82) is 0 Å². The van der Waals surface area contributed by atoms with Crippen LogP contribution in [-0.4, -0.2) is 19.0 Å². The van der Waals surface area contributed by atoms with Crippen molar-refractivity contribution in [3.8, 4) is 5.75 Å². The molecule has 0 aromatic heterocycles. The normalized spacial score (nSPS) is 10.0. The molecule has 1 rings (SSSR count). The Morgan fingerprint density at radius 1 is 1.50 bits per heavy atom. The molecule has 1 aromatic carbocycles. The molecular formula is C11H13Cl2NO2. The van der Waals surface area contributed by atoms with Crippen LogP contribution in [0, 0.1) is 6.92 Å². The number of aryl methyl sites for hydroxylation is 1. The summed E-state index contributed by atoms with van der Waals surface area (Å²) in [5.74, 6) is 0.657. The summed E-state index contributed by atoms with van der Waals surface area (Å²) in [6.07, 6.45) is 0.688. The zero-order valence-corrected chi connectivity index (χ0v) is 10.7. The smallest absolute Gasteiger partial charge is 0.313 e. The molecule has 0 aliphatic heterocycles. The van der Waals surface area contributed by atoms with Crippen LogP contribution in [-0.2, 0) is 6.42 Å². The van der Waals surface area contributed by atoms with Crippen LogP contribution in [0.4, 0.5) is 4.79 Å². The van der Waals surface area contributed by atoms with Gasteiger partial charge >= 0.3 is 5.37 Å². The number of nitrogens with one attached hydrogen (secondary N) is 1. The Kier molecular flexibility index (Phi) is 4.90. The predicted molar refractivity (Wildman–Crippen MR) is 65.7 cm³/mol. The minimum absolute atomic E-state index is 0.492. The maximum atomic E-state index is 10.5. The molecule has 0 bridgehead atoms. The van der Waals surface area contributed by atoms with E-state index in [0.29, 0.717) is 23.7 Å². The van der Waals surface area contributed by atoms with E-state index >= 15 is 0 Å². The lowest BCUT2D eigenvalue weighted by molar-refractivity contribution is 0.260. The number of halogens is 2. The highest BCUT2D eigenvalue weighted by Crippen LogP contribution is 2.27. The van der Waals surface area contributed by atoms with Gasteiger partial charge in [0.1, 0.15) is 5.75 Å². The van der Waals surface area contributed by atoms with E-state index in [9.17, 15) is 4.79 Å². The van der Waals surface area contributed by atoms with E-state index in [4.69, 9.17) is 27.9 Å². The average Bonchev–Trinajstić information content (AvgIpc) is 2.22. The third-order valence-corrected chi connectivity index (χ3v) is 2.70. The molecule has 5 heteroatoms. The molecule has 0 heterocycles. The maximum absolute atomic E-state index is 10.5. The van der Waals surface area contributed by atoms with Gasteiger partial charge in [-0.1, -0.05) is 11.6 Å². The zero-order chi connectivity index (χ0) is 12.1. The van der Waals surface area contributed by atoms with Gasteiger partial charge in [-0.25, -0.2) is 0 Å². The lowest BCUT2D eigenvalue weighted by Crippen LogP contribution is -2.19. The van der Waals surface area contributed by atoms with Gasteiger partial charge in [0.15, 0.2) is 0 Å². The Labute approximate surface area is 105 Å². The molecule has 0 saturated carbocycles. The highest BCUT2D eigenvalue weighted by atomic mass is 35.5. The van der Waals surface area contributed by atoms with Crippen LogP contribution in [0.25, 0.3) is 0 Å². The summed E-state index contributed by atoms with van der Waals surface area (Å²) >= 11 is 11.2. The van der Waals surface area contributed by atoms with Crippen LogP contribution < -0.4 is 10.1 Å². The van der Waals surface area contributed by atoms with Gasteiger partial charge in [0.2, 0.25) is 0 Å². The molecule has 0 atom stereocenters. The molecule has 0 spiro atoms. The highest BCUT2D eigenvalue weighted by Gasteiger charge is 2.06. The lowest BCUT2D eigenvalue weighted by Gasteiger charge is -2.10. The van der Waals surface area contributed by atoms with Crippen molar-refractivity contribution in [1.82, 2.24) is 5.32 Å². The second-order valence-corrected chi connectivity index (χ2v) is 4.11. The van der Waals surface area contributed by atoms with E-state index in [2.05, 4.69) is 5.32 Å². The number of hydrogen-bond acceptors (Lipinski definition) is 2. The maximum Gasteiger partial charge on any atom is 0.313 e. The monoisotopic (exact) mass is 261 g/mol. The van der Waals surface area contributed by atoms with Gasteiger partial charge in [0.05, 0.1) is 12.1 Å². The lowest BCUT2D eigenvalue weighted by atomic mass is 10.1. The fourth-order valence-corrected chi connectivity index (χ4v) is 1.78. The largest absolute Gasteiger partial charge is 0.495 e. The Morgan fingerprint density at radius 2 is 2.19 bits per heavy atom. The first-order chi connectivity index (χ1) is 7.54. The fourth-order valence-electron chi connectivity index (χ4n) is 1.42. The van der Waals surface area contributed by atoms with Crippen LogP contribution in [0.15, 0.2) is 12.1 Å². The predicted octanol–water partition coefficient (Wildman–Crippen LogP) is 3.15. The summed E-state index contributed by atoms with van der Waals surface area (Å²) in [5.41, 5.74) is 2.14. The first kappa shape index (κ1) is 13.1. The molecule has 0 radical (unpaired) electrons. The van der Waals surface area contributed by atoms with Gasteiger partial charge in [-0.15, -0.1) is 0 Å². The zero-order valence-electron chi connectivity index (χ0n) is 9.14. The summed E-state index contributed by atoms with van der Waals surface area (Å²) < 4.78 is 5.10. The van der Waals surface area contributed by atoms with Crippen molar-refractivity contribution in [3.05, 3.63) is 28.3 Å². The molecule has 0 unspecified atom stereocenters. The summed E-state index contributed by atoms with van der Waals surface area (Å²) in [4.78, 5) is 10.5. The number of amides is 1. The van der Waals surface area contributed by atoms with Gasteiger partial charge in [0.25, 0.3) is 0 Å². The molecular weight excluding hydrogens is 249 g/mol. The van der Waals surface area contributed by atoms with Crippen LogP contribution in [0.3, 0.4) is 0 Å². The summed E-state index contributed by atoms with van der Waals surface area (Å²) in [6.45, 7) is 2.46. The SMILES string of the molecule is COc1cc(C)c(CCNC(=O)Cl)cc1Cl. The van der Waals surface area contributed by atoms with Gasteiger partial charge in [-0.3, -0.25) is 4.79 Å². The van der Waals surface area contributed by atoms with E-state index in [1.165, 1.54) is 0 Å². The van der Waals surface area contributed by atoms with E-state index in [1.807, 2.05) is 19.1 Å². The third kappa shape index (κ3) is 3.58. The average molecular weight is 262 g/mol. The Balaban J connectivity index is 2.73. The first-order valence-electron chi connectivity index (χ1n) is 4.81. The molecule has 3 nitrogen and oxygen atoms in total. The number of rotatable bonds is 4. The molecule has 1 aromatic rings. The minimum atomic E-state index is -0.544. The van der Waals surface area contributed by atoms with Gasteiger partial charge in [-0.05, 0) is 48.2 Å². The van der Waals surface area contributed by atoms with Gasteiger partial charge < -0.3 is 10.1 Å². The molecule has 0 aliphatic carbocycles. The van der Waals surface area contributed by atoms with Crippen LogP contribution in [0.1, 0.15) is 11.1 Å². The van der Waals surface area contributed by atoms with Crippen molar-refractivity contribution in [3.63, 3.8) is 0 Å². The van der Waals surface area contributed by atoms with Crippen molar-refractivity contribution in [2.45, 2.75) is 13.3 Å². The van der Waals surface area contributed by atoms with Crippen LogP contribution in [0.2, 0.25) is 5.02 Å². The van der Waals surface area contributed by atoms with E-state index in [-0.39, 0.29) is 0 Å². The van der Waals surface area contributed by atoms with Gasteiger partial charge in [0, 0.05) is 6.54 Å². The number of carbonyl (C=O) groups excluding carboxylic acids is 1. The Bertz CT molecular complexity index is 394. The van der Waals surface area contributed by atoms with Gasteiger partial charge in [-0.2, -0.15) is 0 Å². The molecule has 0 aliphatic rings. The number of ether oxygens (including phenoxy) is 1. The Hall–Kier alpha value is -0.930. The third-order valence-electron chi connectivity index (χ3n) is 2.27. The van der Waals surface area contributed by atoms with E-state index in [1.54, 1.807) is 7.11 Å². The van der Waals surface area contributed by atoms with Crippen molar-refractivity contribution in [2.24, 2.45) is 0 Å². The summed E-state index contributed by atoms with van der Waals surface area (Å²) in [6, 6.07) is 3.72. The molecule has 0 saturated heterocycles. The van der Waals surface area contributed by atoms with Crippen molar-refractivity contribution >= 4 is 28.6 Å². The summed E-state index contributed by atoms with van der Waals surface area (Å²) in [7, 11) is 1.58. The standard InChI is InChI=1S/C11H13Cl2NO2/c1-7-5-10(16-2)9(12)6-8(7)3-4-14-11(13)15/h5-6H,3-4H2,1-2H3,(H,14,15). The minimum Gasteiger partial charge on any atom is -0.495 e. The van der Waals surface area contributed by atoms with E-state index in [0.717, 1.165) is 11.1 Å². The van der Waals surface area contributed by atoms with Crippen LogP contribution in [0.5, 0.6) is 5.75 Å². The number of benzene rings is 1. The van der Waals surface area contributed by atoms with E-state index < -0.39 is 5.37 Å². The second-order valence-electron chi connectivity index (χ2n) is 3.36. The second kappa shape index (κ2) is 5.97. The summed E-state index contributed by atoms with van der Waals surface area (Å²) in [5, 5.41) is 2.55. The Morgan fingerprint density at radius 3 is 2.75 bits per heavy atom. The number of methoxy groups -OCH3 is 1.